The maximum atomic E-state index is 12.8. The van der Waals surface area contributed by atoms with E-state index in [0.29, 0.717) is 24.5 Å². The van der Waals surface area contributed by atoms with E-state index < -0.39 is 0 Å². The number of nitrogens with one attached hydrogen (secondary N) is 3. The second-order valence-electron chi connectivity index (χ2n) is 7.47. The first-order valence-electron chi connectivity index (χ1n) is 9.67. The summed E-state index contributed by atoms with van der Waals surface area (Å²) in [6, 6.07) is 6.79. The predicted molar refractivity (Wildman–Crippen MR) is 104 cm³/mol. The maximum absolute atomic E-state index is 12.8. The number of aromatic nitrogens is 3. The average Bonchev–Trinajstić information content (AvgIpc) is 3.41. The SMILES string of the molecule is CCc1ccc(-n2cnnc2)cc1NC(=O)N(C)CC1NNC2CCCC21. The molecule has 3 N–H and O–H groups in total. The molecule has 1 saturated heterocycles. The van der Waals surface area contributed by atoms with Gasteiger partial charge in [-0.05, 0) is 42.9 Å². The molecule has 8 nitrogen and oxygen atoms in total. The van der Waals surface area contributed by atoms with Crippen molar-refractivity contribution in [3.05, 3.63) is 36.4 Å². The fraction of sp³-hybridized carbons (Fsp3) is 0.526. The molecule has 1 saturated carbocycles. The highest BCUT2D eigenvalue weighted by Gasteiger charge is 2.39. The lowest BCUT2D eigenvalue weighted by Gasteiger charge is -2.25. The Labute approximate surface area is 159 Å². The number of hydrazine groups is 1. The van der Waals surface area contributed by atoms with Gasteiger partial charge in [-0.3, -0.25) is 15.4 Å². The monoisotopic (exact) mass is 369 g/mol. The number of anilines is 1. The van der Waals surface area contributed by atoms with Gasteiger partial charge >= 0.3 is 6.03 Å². The number of hydrogen-bond donors (Lipinski definition) is 3. The van der Waals surface area contributed by atoms with Crippen molar-refractivity contribution < 1.29 is 4.79 Å². The molecule has 0 radical (unpaired) electrons. The molecule has 8 heteroatoms. The van der Waals surface area contributed by atoms with Crippen LogP contribution in [0.4, 0.5) is 10.5 Å². The van der Waals surface area contributed by atoms with E-state index in [2.05, 4.69) is 33.3 Å². The van der Waals surface area contributed by atoms with Crippen molar-refractivity contribution in [2.75, 3.05) is 18.9 Å². The second-order valence-corrected chi connectivity index (χ2v) is 7.47. The van der Waals surface area contributed by atoms with Crippen LogP contribution in [-0.2, 0) is 6.42 Å². The minimum atomic E-state index is -0.0890. The van der Waals surface area contributed by atoms with Crippen molar-refractivity contribution in [1.29, 1.82) is 0 Å². The maximum Gasteiger partial charge on any atom is 0.321 e. The summed E-state index contributed by atoms with van der Waals surface area (Å²) in [5, 5.41) is 10.8. The molecule has 3 atom stereocenters. The minimum absolute atomic E-state index is 0.0890. The van der Waals surface area contributed by atoms with E-state index in [1.54, 1.807) is 17.6 Å². The van der Waals surface area contributed by atoms with Gasteiger partial charge in [-0.25, -0.2) is 4.79 Å². The lowest BCUT2D eigenvalue weighted by atomic mass is 9.97. The van der Waals surface area contributed by atoms with Gasteiger partial charge in [0, 0.05) is 31.4 Å². The Hall–Kier alpha value is -2.45. The van der Waals surface area contributed by atoms with E-state index >= 15 is 0 Å². The number of hydrogen-bond acceptors (Lipinski definition) is 5. The van der Waals surface area contributed by atoms with Gasteiger partial charge in [0.15, 0.2) is 0 Å². The Kier molecular flexibility index (Phi) is 5.09. The molecule has 27 heavy (non-hydrogen) atoms. The number of benzene rings is 1. The summed E-state index contributed by atoms with van der Waals surface area (Å²) in [5.41, 5.74) is 9.60. The number of carbonyl (C=O) groups excluding carboxylic acids is 1. The molecule has 1 aromatic carbocycles. The topological polar surface area (TPSA) is 87.1 Å². The van der Waals surface area contributed by atoms with Gasteiger partial charge in [-0.2, -0.15) is 0 Å². The van der Waals surface area contributed by atoms with Crippen LogP contribution in [0.2, 0.25) is 0 Å². The van der Waals surface area contributed by atoms with E-state index in [0.717, 1.165) is 23.4 Å². The summed E-state index contributed by atoms with van der Waals surface area (Å²) < 4.78 is 1.83. The molecule has 3 unspecified atom stereocenters. The second kappa shape index (κ2) is 7.66. The van der Waals surface area contributed by atoms with E-state index in [1.165, 1.54) is 19.3 Å². The average molecular weight is 369 g/mol. The molecule has 2 heterocycles. The van der Waals surface area contributed by atoms with Crippen LogP contribution in [0.1, 0.15) is 31.7 Å². The number of likely N-dealkylation sites (N-methyl/N-ethyl adjacent to an activating group) is 1. The fourth-order valence-corrected chi connectivity index (χ4v) is 4.22. The number of amides is 2. The molecule has 4 rings (SSSR count). The van der Waals surface area contributed by atoms with Crippen molar-refractivity contribution in [3.63, 3.8) is 0 Å². The molecular formula is C19H27N7O. The summed E-state index contributed by atoms with van der Waals surface area (Å²) in [4.78, 5) is 14.6. The third kappa shape index (κ3) is 3.68. The quantitative estimate of drug-likeness (QED) is 0.750. The van der Waals surface area contributed by atoms with Crippen LogP contribution in [0.5, 0.6) is 0 Å². The first-order chi connectivity index (χ1) is 13.2. The van der Waals surface area contributed by atoms with Gasteiger partial charge < -0.3 is 10.2 Å². The lowest BCUT2D eigenvalue weighted by Crippen LogP contribution is -2.44. The molecule has 2 fully saturated rings. The molecule has 0 spiro atoms. The molecule has 2 aliphatic rings. The third-order valence-electron chi connectivity index (χ3n) is 5.79. The van der Waals surface area contributed by atoms with Crippen molar-refractivity contribution in [2.24, 2.45) is 5.92 Å². The van der Waals surface area contributed by atoms with Crippen LogP contribution in [0.15, 0.2) is 30.9 Å². The smallest absolute Gasteiger partial charge is 0.321 e. The number of carbonyl (C=O) groups is 1. The number of urea groups is 1. The van der Waals surface area contributed by atoms with Crippen LogP contribution >= 0.6 is 0 Å². The first-order valence-corrected chi connectivity index (χ1v) is 9.67. The molecule has 0 bridgehead atoms. The molecule has 1 aromatic heterocycles. The van der Waals surface area contributed by atoms with Crippen LogP contribution in [-0.4, -0.2) is 51.4 Å². The largest absolute Gasteiger partial charge is 0.326 e. The van der Waals surface area contributed by atoms with Crippen molar-refractivity contribution in [3.8, 4) is 5.69 Å². The normalized spacial score (nSPS) is 24.0. The molecule has 2 amide bonds. The standard InChI is InChI=1S/C19H27N7O/c1-3-13-7-8-14(26-11-20-21-12-26)9-17(13)22-19(27)25(2)10-18-15-5-4-6-16(15)23-24-18/h7-9,11-12,15-16,18,23-24H,3-6,10H2,1-2H3,(H,22,27). The Bertz CT molecular complexity index is 791. The summed E-state index contributed by atoms with van der Waals surface area (Å²) in [7, 11) is 1.86. The van der Waals surface area contributed by atoms with Gasteiger partial charge in [0.05, 0.1) is 5.69 Å². The van der Waals surface area contributed by atoms with E-state index in [4.69, 9.17) is 0 Å². The Balaban J connectivity index is 1.44. The number of nitrogens with zero attached hydrogens (tertiary/aromatic N) is 4. The van der Waals surface area contributed by atoms with E-state index in [-0.39, 0.29) is 6.03 Å². The number of aryl methyl sites for hydroxylation is 1. The fourth-order valence-electron chi connectivity index (χ4n) is 4.22. The number of rotatable bonds is 5. The van der Waals surface area contributed by atoms with Crippen LogP contribution in [0.25, 0.3) is 5.69 Å². The van der Waals surface area contributed by atoms with E-state index in [1.807, 2.05) is 29.8 Å². The Morgan fingerprint density at radius 3 is 2.89 bits per heavy atom. The number of fused-ring (bicyclic) bond motifs is 1. The highest BCUT2D eigenvalue weighted by molar-refractivity contribution is 5.90. The zero-order valence-corrected chi connectivity index (χ0v) is 15.9. The summed E-state index contributed by atoms with van der Waals surface area (Å²) in [6.07, 6.45) is 7.86. The minimum Gasteiger partial charge on any atom is -0.326 e. The first kappa shape index (κ1) is 17.9. The van der Waals surface area contributed by atoms with Crippen LogP contribution in [0, 0.1) is 5.92 Å². The third-order valence-corrected chi connectivity index (χ3v) is 5.79. The Morgan fingerprint density at radius 1 is 1.30 bits per heavy atom. The van der Waals surface area contributed by atoms with E-state index in [9.17, 15) is 4.79 Å². The van der Waals surface area contributed by atoms with Crippen LogP contribution in [0.3, 0.4) is 0 Å². The van der Waals surface area contributed by atoms with Gasteiger partial charge in [0.1, 0.15) is 12.7 Å². The van der Waals surface area contributed by atoms with Gasteiger partial charge in [0.25, 0.3) is 0 Å². The van der Waals surface area contributed by atoms with Gasteiger partial charge in [-0.1, -0.05) is 19.4 Å². The van der Waals surface area contributed by atoms with Gasteiger partial charge in [0.2, 0.25) is 0 Å². The Morgan fingerprint density at radius 2 is 2.11 bits per heavy atom. The van der Waals surface area contributed by atoms with Crippen LogP contribution < -0.4 is 16.2 Å². The summed E-state index contributed by atoms with van der Waals surface area (Å²) in [5.74, 6) is 0.614. The van der Waals surface area contributed by atoms with Crippen molar-refractivity contribution in [1.82, 2.24) is 30.5 Å². The summed E-state index contributed by atoms with van der Waals surface area (Å²) >= 11 is 0. The lowest BCUT2D eigenvalue weighted by molar-refractivity contribution is 0.213. The molecule has 144 valence electrons. The zero-order chi connectivity index (χ0) is 18.8. The highest BCUT2D eigenvalue weighted by Crippen LogP contribution is 2.31. The zero-order valence-electron chi connectivity index (χ0n) is 15.9. The molecule has 1 aliphatic carbocycles. The summed E-state index contributed by atoms with van der Waals surface area (Å²) in [6.45, 7) is 2.77. The molecule has 2 aromatic rings. The van der Waals surface area contributed by atoms with Crippen molar-refractivity contribution >= 4 is 11.7 Å². The molecule has 1 aliphatic heterocycles. The highest BCUT2D eigenvalue weighted by atomic mass is 16.2. The molecular weight excluding hydrogens is 342 g/mol. The van der Waals surface area contributed by atoms with Gasteiger partial charge in [-0.15, -0.1) is 10.2 Å². The van der Waals surface area contributed by atoms with Crippen molar-refractivity contribution in [2.45, 2.75) is 44.7 Å². The predicted octanol–water partition coefficient (Wildman–Crippen LogP) is 1.94.